The SMILES string of the molecule is CC1c2[nH]c3ccccc3c2CC2C(=O)N(c3ccccc3C(=O)NCCN3CCOCC3)C(=O)N21. The number of nitrogens with one attached hydrogen (secondary N) is 2. The number of ether oxygens (including phenoxy) is 1. The number of para-hydroxylation sites is 2. The highest BCUT2D eigenvalue weighted by molar-refractivity contribution is 6.24. The summed E-state index contributed by atoms with van der Waals surface area (Å²) in [6, 6.07) is 13.6. The predicted octanol–water partition coefficient (Wildman–Crippen LogP) is 2.68. The van der Waals surface area contributed by atoms with Crippen molar-refractivity contribution in [3.05, 3.63) is 65.4 Å². The Hall–Kier alpha value is -3.69. The molecule has 2 unspecified atom stereocenters. The van der Waals surface area contributed by atoms with Crippen LogP contribution in [0.25, 0.3) is 10.9 Å². The van der Waals surface area contributed by atoms with Gasteiger partial charge in [0, 0.05) is 49.2 Å². The number of fused-ring (bicyclic) bond motifs is 4. The number of rotatable bonds is 5. The third kappa shape index (κ3) is 3.66. The van der Waals surface area contributed by atoms with Crippen molar-refractivity contribution in [2.75, 3.05) is 44.3 Å². The Morgan fingerprint density at radius 3 is 2.67 bits per heavy atom. The summed E-state index contributed by atoms with van der Waals surface area (Å²) >= 11 is 0. The Morgan fingerprint density at radius 2 is 1.83 bits per heavy atom. The summed E-state index contributed by atoms with van der Waals surface area (Å²) in [7, 11) is 0. The van der Waals surface area contributed by atoms with Gasteiger partial charge in [0.1, 0.15) is 6.04 Å². The van der Waals surface area contributed by atoms with E-state index in [4.69, 9.17) is 4.74 Å². The Balaban J connectivity index is 1.25. The first-order valence-electron chi connectivity index (χ1n) is 12.5. The number of morpholine rings is 1. The molecule has 9 nitrogen and oxygen atoms in total. The van der Waals surface area contributed by atoms with Gasteiger partial charge < -0.3 is 19.9 Å². The van der Waals surface area contributed by atoms with Gasteiger partial charge in [0.15, 0.2) is 0 Å². The molecular weight excluding hydrogens is 458 g/mol. The van der Waals surface area contributed by atoms with Crippen molar-refractivity contribution in [1.29, 1.82) is 0 Å². The molecule has 3 aliphatic rings. The molecule has 9 heteroatoms. The molecule has 0 bridgehead atoms. The number of carbonyl (C=O) groups excluding carboxylic acids is 3. The van der Waals surface area contributed by atoms with Crippen LogP contribution >= 0.6 is 0 Å². The van der Waals surface area contributed by atoms with Crippen LogP contribution in [-0.2, 0) is 16.0 Å². The van der Waals surface area contributed by atoms with Gasteiger partial charge in [-0.25, -0.2) is 9.69 Å². The molecule has 0 saturated carbocycles. The Bertz CT molecular complexity index is 1340. The minimum Gasteiger partial charge on any atom is -0.379 e. The molecule has 4 amide bonds. The van der Waals surface area contributed by atoms with Crippen LogP contribution in [0.4, 0.5) is 10.5 Å². The zero-order valence-electron chi connectivity index (χ0n) is 20.2. The van der Waals surface area contributed by atoms with E-state index in [9.17, 15) is 14.4 Å². The van der Waals surface area contributed by atoms with E-state index in [1.807, 2.05) is 31.2 Å². The van der Waals surface area contributed by atoms with E-state index in [2.05, 4.69) is 15.2 Å². The molecule has 1 aromatic heterocycles. The minimum atomic E-state index is -0.600. The summed E-state index contributed by atoms with van der Waals surface area (Å²) in [5.41, 5.74) is 3.69. The average molecular weight is 488 g/mol. The zero-order valence-corrected chi connectivity index (χ0v) is 20.2. The second-order valence-corrected chi connectivity index (χ2v) is 9.55. The summed E-state index contributed by atoms with van der Waals surface area (Å²) in [5.74, 6) is -0.593. The molecule has 3 aliphatic heterocycles. The van der Waals surface area contributed by atoms with E-state index in [1.165, 1.54) is 4.90 Å². The third-order valence-electron chi connectivity index (χ3n) is 7.54. The smallest absolute Gasteiger partial charge is 0.332 e. The lowest BCUT2D eigenvalue weighted by Crippen LogP contribution is -2.42. The maximum absolute atomic E-state index is 13.7. The molecule has 0 radical (unpaired) electrons. The van der Waals surface area contributed by atoms with Gasteiger partial charge in [-0.05, 0) is 30.7 Å². The van der Waals surface area contributed by atoms with Crippen molar-refractivity contribution >= 4 is 34.4 Å². The van der Waals surface area contributed by atoms with E-state index in [-0.39, 0.29) is 17.9 Å². The fourth-order valence-electron chi connectivity index (χ4n) is 5.69. The molecule has 0 spiro atoms. The third-order valence-corrected chi connectivity index (χ3v) is 7.54. The highest BCUT2D eigenvalue weighted by Crippen LogP contribution is 2.42. The molecule has 3 aromatic rings. The lowest BCUT2D eigenvalue weighted by atomic mass is 9.93. The molecule has 2 atom stereocenters. The number of imide groups is 1. The van der Waals surface area contributed by atoms with Gasteiger partial charge in [0.2, 0.25) is 0 Å². The van der Waals surface area contributed by atoms with Crippen molar-refractivity contribution in [3.63, 3.8) is 0 Å². The molecular formula is C27H29N5O4. The van der Waals surface area contributed by atoms with Crippen LogP contribution in [0.1, 0.15) is 34.6 Å². The van der Waals surface area contributed by atoms with E-state index in [1.54, 1.807) is 29.2 Å². The average Bonchev–Trinajstić information content (AvgIpc) is 3.40. The standard InChI is InChI=1S/C27H29N5O4/c1-17-24-20(18-6-2-4-8-21(18)29-24)16-23-26(34)32(27(35)31(17)23)22-9-5-3-7-19(22)25(33)28-10-11-30-12-14-36-15-13-30/h2-9,17,23,29H,10-16H2,1H3,(H,28,33). The van der Waals surface area contributed by atoms with Gasteiger partial charge in [-0.3, -0.25) is 14.5 Å². The van der Waals surface area contributed by atoms with Crippen LogP contribution in [0.3, 0.4) is 0 Å². The number of nitrogens with zero attached hydrogens (tertiary/aromatic N) is 3. The van der Waals surface area contributed by atoms with Gasteiger partial charge in [0.25, 0.3) is 11.8 Å². The van der Waals surface area contributed by atoms with Gasteiger partial charge in [-0.15, -0.1) is 0 Å². The van der Waals surface area contributed by atoms with Crippen LogP contribution in [0, 0.1) is 0 Å². The number of H-pyrrole nitrogens is 1. The topological polar surface area (TPSA) is 98.0 Å². The van der Waals surface area contributed by atoms with Gasteiger partial charge in [-0.1, -0.05) is 30.3 Å². The van der Waals surface area contributed by atoms with E-state index in [0.29, 0.717) is 37.4 Å². The van der Waals surface area contributed by atoms with Gasteiger partial charge in [0.05, 0.1) is 30.5 Å². The number of aromatic nitrogens is 1. The Labute approximate surface area is 209 Å². The molecule has 2 aromatic carbocycles. The quantitative estimate of drug-likeness (QED) is 0.540. The van der Waals surface area contributed by atoms with Crippen LogP contribution in [-0.4, -0.2) is 78.1 Å². The number of benzene rings is 2. The fourth-order valence-corrected chi connectivity index (χ4v) is 5.69. The van der Waals surface area contributed by atoms with Crippen LogP contribution in [0.15, 0.2) is 48.5 Å². The summed E-state index contributed by atoms with van der Waals surface area (Å²) in [5, 5.41) is 4.03. The molecule has 2 saturated heterocycles. The van der Waals surface area contributed by atoms with E-state index in [0.717, 1.165) is 41.8 Å². The summed E-state index contributed by atoms with van der Waals surface area (Å²) in [6.07, 6.45) is 0.443. The van der Waals surface area contributed by atoms with E-state index >= 15 is 0 Å². The zero-order chi connectivity index (χ0) is 24.8. The number of hydrogen-bond donors (Lipinski definition) is 2. The Kier molecular flexibility index (Phi) is 5.73. The highest BCUT2D eigenvalue weighted by Gasteiger charge is 2.52. The Morgan fingerprint density at radius 1 is 1.08 bits per heavy atom. The van der Waals surface area contributed by atoms with Crippen molar-refractivity contribution in [2.24, 2.45) is 0 Å². The number of carbonyl (C=O) groups is 3. The largest absolute Gasteiger partial charge is 0.379 e. The number of hydrogen-bond acceptors (Lipinski definition) is 5. The molecule has 2 N–H and O–H groups in total. The van der Waals surface area contributed by atoms with Gasteiger partial charge in [-0.2, -0.15) is 0 Å². The van der Waals surface area contributed by atoms with Crippen molar-refractivity contribution in [2.45, 2.75) is 25.4 Å². The molecule has 186 valence electrons. The lowest BCUT2D eigenvalue weighted by Gasteiger charge is -2.33. The maximum Gasteiger partial charge on any atom is 0.332 e. The number of anilines is 1. The summed E-state index contributed by atoms with van der Waals surface area (Å²) < 4.78 is 5.37. The molecule has 0 aliphatic carbocycles. The minimum absolute atomic E-state index is 0.290. The summed E-state index contributed by atoms with van der Waals surface area (Å²) in [4.78, 5) is 48.9. The first-order valence-corrected chi connectivity index (χ1v) is 12.5. The number of aromatic amines is 1. The number of amides is 4. The highest BCUT2D eigenvalue weighted by atomic mass is 16.5. The van der Waals surface area contributed by atoms with Crippen LogP contribution < -0.4 is 10.2 Å². The van der Waals surface area contributed by atoms with Crippen molar-refractivity contribution in [1.82, 2.24) is 20.1 Å². The maximum atomic E-state index is 13.7. The monoisotopic (exact) mass is 487 g/mol. The molecule has 4 heterocycles. The molecule has 2 fully saturated rings. The predicted molar refractivity (Wildman–Crippen MR) is 135 cm³/mol. The van der Waals surface area contributed by atoms with Crippen LogP contribution in [0.2, 0.25) is 0 Å². The fraction of sp³-hybridized carbons (Fsp3) is 0.370. The first-order chi connectivity index (χ1) is 17.5. The van der Waals surface area contributed by atoms with Crippen molar-refractivity contribution in [3.8, 4) is 0 Å². The van der Waals surface area contributed by atoms with Gasteiger partial charge >= 0.3 is 6.03 Å². The van der Waals surface area contributed by atoms with Crippen molar-refractivity contribution < 1.29 is 19.1 Å². The lowest BCUT2D eigenvalue weighted by molar-refractivity contribution is -0.120. The molecule has 36 heavy (non-hydrogen) atoms. The summed E-state index contributed by atoms with van der Waals surface area (Å²) in [6.45, 7) is 6.22. The van der Waals surface area contributed by atoms with Crippen LogP contribution in [0.5, 0.6) is 0 Å². The second-order valence-electron chi connectivity index (χ2n) is 9.55. The number of urea groups is 1. The van der Waals surface area contributed by atoms with E-state index < -0.39 is 12.1 Å². The normalized spacial score (nSPS) is 22.1. The molecule has 6 rings (SSSR count). The first kappa shape index (κ1) is 22.8. The second kappa shape index (κ2) is 9.07.